The molecule has 0 aliphatic heterocycles. The maximum absolute atomic E-state index is 10.5. The summed E-state index contributed by atoms with van der Waals surface area (Å²) in [6.07, 6.45) is 1.69. The summed E-state index contributed by atoms with van der Waals surface area (Å²) in [7, 11) is 0. The molecule has 1 atom stereocenters. The van der Waals surface area contributed by atoms with Gasteiger partial charge in [-0.25, -0.2) is 0 Å². The molecule has 1 aromatic rings. The van der Waals surface area contributed by atoms with E-state index in [0.717, 1.165) is 0 Å². The van der Waals surface area contributed by atoms with Crippen LogP contribution in [0.15, 0.2) is 43.0 Å². The van der Waals surface area contributed by atoms with Gasteiger partial charge in [-0.2, -0.15) is 0 Å². The lowest BCUT2D eigenvalue weighted by Gasteiger charge is -2.16. The first kappa shape index (κ1) is 8.68. The Morgan fingerprint density at radius 2 is 1.92 bits per heavy atom. The normalized spacial score (nSPS) is 14.8. The number of hydrogen-bond donors (Lipinski definition) is 1. The fraction of sp³-hybridized carbons (Fsp3) is 0.100. The Balaban J connectivity index is 3.11. The highest BCUT2D eigenvalue weighted by Crippen LogP contribution is 2.18. The third-order valence-corrected chi connectivity index (χ3v) is 1.73. The van der Waals surface area contributed by atoms with E-state index in [2.05, 4.69) is 6.58 Å². The molecule has 12 heavy (non-hydrogen) atoms. The average molecular weight is 162 g/mol. The van der Waals surface area contributed by atoms with E-state index in [1.807, 2.05) is 6.07 Å². The van der Waals surface area contributed by atoms with Crippen LogP contribution in [0.3, 0.4) is 0 Å². The van der Waals surface area contributed by atoms with Crippen molar-refractivity contribution in [3.8, 4) is 0 Å². The van der Waals surface area contributed by atoms with Crippen LogP contribution < -0.4 is 0 Å². The number of hydrogen-bond acceptors (Lipinski definition) is 2. The molecule has 2 heteroatoms. The predicted molar refractivity (Wildman–Crippen MR) is 46.6 cm³/mol. The topological polar surface area (TPSA) is 37.3 Å². The zero-order valence-electron chi connectivity index (χ0n) is 6.60. The quantitative estimate of drug-likeness (QED) is 0.536. The highest BCUT2D eigenvalue weighted by Gasteiger charge is 2.23. The Kier molecular flexibility index (Phi) is 2.41. The van der Waals surface area contributed by atoms with Gasteiger partial charge in [-0.3, -0.25) is 4.79 Å². The average Bonchev–Trinajstić information content (AvgIpc) is 2.18. The van der Waals surface area contributed by atoms with Crippen LogP contribution in [0.25, 0.3) is 0 Å². The molecule has 0 unspecified atom stereocenters. The molecule has 1 N–H and O–H groups in total. The summed E-state index contributed by atoms with van der Waals surface area (Å²) in [5, 5.41) is 9.61. The highest BCUT2D eigenvalue weighted by atomic mass is 16.3. The summed E-state index contributed by atoms with van der Waals surface area (Å²) in [5.74, 6) is 0. The van der Waals surface area contributed by atoms with Gasteiger partial charge in [-0.1, -0.05) is 36.9 Å². The van der Waals surface area contributed by atoms with Crippen molar-refractivity contribution in [1.82, 2.24) is 0 Å². The van der Waals surface area contributed by atoms with Crippen LogP contribution in [0, 0.1) is 0 Å². The number of aliphatic hydroxyl groups is 1. The fourth-order valence-corrected chi connectivity index (χ4v) is 0.939. The first-order valence-corrected chi connectivity index (χ1v) is 3.61. The van der Waals surface area contributed by atoms with E-state index in [4.69, 9.17) is 0 Å². The number of carbonyl (C=O) groups excluding carboxylic acids is 1. The van der Waals surface area contributed by atoms with Gasteiger partial charge >= 0.3 is 0 Å². The van der Waals surface area contributed by atoms with E-state index in [1.165, 1.54) is 6.08 Å². The Morgan fingerprint density at radius 3 is 2.33 bits per heavy atom. The van der Waals surface area contributed by atoms with Crippen molar-refractivity contribution in [2.45, 2.75) is 5.60 Å². The third-order valence-electron chi connectivity index (χ3n) is 1.73. The molecule has 0 bridgehead atoms. The standard InChI is InChI=1S/C10H10O2/c1-2-10(12,8-11)9-6-4-3-5-7-9/h2-8,12H,1H2/t10-/m1/s1. The summed E-state index contributed by atoms with van der Waals surface area (Å²) >= 11 is 0. The van der Waals surface area contributed by atoms with Crippen molar-refractivity contribution >= 4 is 6.29 Å². The minimum absolute atomic E-state index is 0.468. The lowest BCUT2D eigenvalue weighted by atomic mass is 9.96. The molecule has 0 amide bonds. The van der Waals surface area contributed by atoms with E-state index < -0.39 is 5.60 Å². The third kappa shape index (κ3) is 1.43. The number of carbonyl (C=O) groups is 1. The Bertz CT molecular complexity index is 269. The molecular formula is C10H10O2. The molecule has 0 fully saturated rings. The van der Waals surface area contributed by atoms with Crippen LogP contribution in [0.4, 0.5) is 0 Å². The predicted octanol–water partition coefficient (Wildman–Crippen LogP) is 1.26. The first-order valence-electron chi connectivity index (χ1n) is 3.61. The van der Waals surface area contributed by atoms with Gasteiger partial charge in [0, 0.05) is 0 Å². The first-order chi connectivity index (χ1) is 5.73. The number of rotatable bonds is 3. The second-order valence-electron chi connectivity index (χ2n) is 2.51. The van der Waals surface area contributed by atoms with E-state index in [-0.39, 0.29) is 0 Å². The maximum atomic E-state index is 10.5. The molecule has 0 spiro atoms. The van der Waals surface area contributed by atoms with Crippen LogP contribution in [-0.4, -0.2) is 11.4 Å². The van der Waals surface area contributed by atoms with Crippen LogP contribution in [0.1, 0.15) is 5.56 Å². The second kappa shape index (κ2) is 3.32. The van der Waals surface area contributed by atoms with Crippen LogP contribution in [0.5, 0.6) is 0 Å². The Morgan fingerprint density at radius 1 is 1.33 bits per heavy atom. The number of aldehydes is 1. The van der Waals surface area contributed by atoms with Gasteiger partial charge in [0.2, 0.25) is 0 Å². The molecule has 0 saturated heterocycles. The minimum Gasteiger partial charge on any atom is -0.374 e. The van der Waals surface area contributed by atoms with Crippen LogP contribution in [0.2, 0.25) is 0 Å². The van der Waals surface area contributed by atoms with Crippen molar-refractivity contribution in [2.24, 2.45) is 0 Å². The van der Waals surface area contributed by atoms with Gasteiger partial charge in [0.25, 0.3) is 0 Å². The molecule has 0 aromatic heterocycles. The Labute approximate surface area is 71.2 Å². The number of benzene rings is 1. The smallest absolute Gasteiger partial charge is 0.163 e. The fourth-order valence-electron chi connectivity index (χ4n) is 0.939. The molecule has 1 rings (SSSR count). The lowest BCUT2D eigenvalue weighted by Crippen LogP contribution is -2.23. The van der Waals surface area contributed by atoms with Gasteiger partial charge in [0.1, 0.15) is 0 Å². The highest BCUT2D eigenvalue weighted by molar-refractivity contribution is 5.68. The van der Waals surface area contributed by atoms with E-state index in [0.29, 0.717) is 11.8 Å². The SMILES string of the molecule is C=C[C@@](O)(C=O)c1ccccc1. The second-order valence-corrected chi connectivity index (χ2v) is 2.51. The van der Waals surface area contributed by atoms with Crippen molar-refractivity contribution in [1.29, 1.82) is 0 Å². The minimum atomic E-state index is -1.54. The van der Waals surface area contributed by atoms with Crippen molar-refractivity contribution in [3.05, 3.63) is 48.6 Å². The Hall–Kier alpha value is -1.41. The summed E-state index contributed by atoms with van der Waals surface area (Å²) < 4.78 is 0. The van der Waals surface area contributed by atoms with Crippen LogP contribution >= 0.6 is 0 Å². The van der Waals surface area contributed by atoms with Gasteiger partial charge in [-0.15, -0.1) is 0 Å². The molecule has 0 aliphatic carbocycles. The maximum Gasteiger partial charge on any atom is 0.163 e. The monoisotopic (exact) mass is 162 g/mol. The largest absolute Gasteiger partial charge is 0.374 e. The summed E-state index contributed by atoms with van der Waals surface area (Å²) in [4.78, 5) is 10.5. The zero-order chi connectivity index (χ0) is 9.03. The van der Waals surface area contributed by atoms with Crippen molar-refractivity contribution in [3.63, 3.8) is 0 Å². The van der Waals surface area contributed by atoms with Gasteiger partial charge in [0.15, 0.2) is 11.9 Å². The molecule has 62 valence electrons. The summed E-state index contributed by atoms with van der Waals surface area (Å²) in [6, 6.07) is 8.69. The molecule has 0 saturated carbocycles. The summed E-state index contributed by atoms with van der Waals surface area (Å²) in [6.45, 7) is 3.40. The molecule has 1 aromatic carbocycles. The van der Waals surface area contributed by atoms with Gasteiger partial charge in [0.05, 0.1) is 0 Å². The van der Waals surface area contributed by atoms with E-state index >= 15 is 0 Å². The molecule has 2 nitrogen and oxygen atoms in total. The summed E-state index contributed by atoms with van der Waals surface area (Å²) in [5.41, 5.74) is -1.00. The van der Waals surface area contributed by atoms with Gasteiger partial charge < -0.3 is 5.11 Å². The molecular weight excluding hydrogens is 152 g/mol. The van der Waals surface area contributed by atoms with E-state index in [1.54, 1.807) is 24.3 Å². The van der Waals surface area contributed by atoms with Crippen molar-refractivity contribution in [2.75, 3.05) is 0 Å². The molecule has 0 aliphatic rings. The van der Waals surface area contributed by atoms with E-state index in [9.17, 15) is 9.90 Å². The molecule has 0 radical (unpaired) electrons. The van der Waals surface area contributed by atoms with Crippen molar-refractivity contribution < 1.29 is 9.90 Å². The van der Waals surface area contributed by atoms with Gasteiger partial charge in [-0.05, 0) is 11.6 Å². The lowest BCUT2D eigenvalue weighted by molar-refractivity contribution is -0.120. The molecule has 0 heterocycles. The zero-order valence-corrected chi connectivity index (χ0v) is 6.60. The van der Waals surface area contributed by atoms with Crippen LogP contribution in [-0.2, 0) is 10.4 Å².